The van der Waals surface area contributed by atoms with E-state index in [9.17, 15) is 9.18 Å². The summed E-state index contributed by atoms with van der Waals surface area (Å²) in [6, 6.07) is 5.45. The molecule has 0 radical (unpaired) electrons. The molecule has 1 atom stereocenters. The first-order valence-electron chi connectivity index (χ1n) is 5.89. The highest BCUT2D eigenvalue weighted by Gasteiger charge is 2.18. The average molecular weight is 381 g/mol. The van der Waals surface area contributed by atoms with Crippen LogP contribution >= 0.6 is 31.9 Å². The van der Waals surface area contributed by atoms with E-state index >= 15 is 0 Å². The molecule has 0 aliphatic rings. The number of unbranched alkanes of at least 4 members (excludes halogenated alkanes) is 1. The van der Waals surface area contributed by atoms with Gasteiger partial charge in [-0.25, -0.2) is 0 Å². The third-order valence-electron chi connectivity index (χ3n) is 2.59. The number of carbonyl (C=O) groups is 1. The lowest BCUT2D eigenvalue weighted by Gasteiger charge is -2.13. The van der Waals surface area contributed by atoms with Crippen molar-refractivity contribution in [3.05, 3.63) is 27.1 Å². The molecule has 0 aromatic heterocycles. The number of rotatable bonds is 6. The molecule has 1 amide bonds. The van der Waals surface area contributed by atoms with Crippen LogP contribution in [0.15, 0.2) is 27.1 Å². The van der Waals surface area contributed by atoms with Crippen molar-refractivity contribution in [3.63, 3.8) is 0 Å². The molecule has 18 heavy (non-hydrogen) atoms. The summed E-state index contributed by atoms with van der Waals surface area (Å²) < 4.78 is 14.5. The van der Waals surface area contributed by atoms with Gasteiger partial charge in [0.1, 0.15) is 6.67 Å². The van der Waals surface area contributed by atoms with Gasteiger partial charge in [0.15, 0.2) is 0 Å². The third kappa shape index (κ3) is 5.06. The molecule has 5 heteroatoms. The number of carbonyl (C=O) groups excluding carboxylic acids is 1. The molecule has 100 valence electrons. The molecule has 1 unspecified atom stereocenters. The van der Waals surface area contributed by atoms with Crippen molar-refractivity contribution < 1.29 is 9.18 Å². The molecule has 0 heterocycles. The number of alkyl halides is 1. The molecule has 0 aliphatic heterocycles. The number of amides is 1. The minimum Gasteiger partial charge on any atom is -0.326 e. The van der Waals surface area contributed by atoms with Crippen LogP contribution in [0.2, 0.25) is 0 Å². The lowest BCUT2D eigenvalue weighted by Crippen LogP contribution is -2.24. The number of benzene rings is 1. The molecule has 1 N–H and O–H groups in total. The second-order valence-electron chi connectivity index (χ2n) is 4.14. The van der Waals surface area contributed by atoms with Gasteiger partial charge in [-0.15, -0.1) is 0 Å². The van der Waals surface area contributed by atoms with Crippen LogP contribution in [0.1, 0.15) is 26.2 Å². The predicted octanol–water partition coefficient (Wildman–Crippen LogP) is 4.93. The van der Waals surface area contributed by atoms with Crippen LogP contribution in [0.5, 0.6) is 0 Å². The van der Waals surface area contributed by atoms with Crippen LogP contribution in [0.3, 0.4) is 0 Å². The van der Waals surface area contributed by atoms with Gasteiger partial charge in [0.05, 0.1) is 5.92 Å². The van der Waals surface area contributed by atoms with Gasteiger partial charge in [-0.2, -0.15) is 0 Å². The maximum atomic E-state index is 12.8. The standard InChI is InChI=1S/C13H16Br2FNO/c1-2-3-4-9(8-16)13(18)17-12-6-10(14)5-11(15)7-12/h5-7,9H,2-4,8H2,1H3,(H,17,18). The van der Waals surface area contributed by atoms with E-state index in [1.807, 2.05) is 13.0 Å². The Labute approximate surface area is 124 Å². The van der Waals surface area contributed by atoms with Gasteiger partial charge in [-0.3, -0.25) is 9.18 Å². The molecular formula is C13H16Br2FNO. The summed E-state index contributed by atoms with van der Waals surface area (Å²) in [6.07, 6.45) is 2.42. The summed E-state index contributed by atoms with van der Waals surface area (Å²) in [5.74, 6) is -0.807. The van der Waals surface area contributed by atoms with Crippen LogP contribution in [0.25, 0.3) is 0 Å². The Morgan fingerprint density at radius 3 is 2.44 bits per heavy atom. The summed E-state index contributed by atoms with van der Waals surface area (Å²) in [5.41, 5.74) is 0.663. The Balaban J connectivity index is 2.67. The van der Waals surface area contributed by atoms with E-state index in [4.69, 9.17) is 0 Å². The van der Waals surface area contributed by atoms with E-state index in [2.05, 4.69) is 37.2 Å². The normalized spacial score (nSPS) is 12.2. The van der Waals surface area contributed by atoms with Gasteiger partial charge in [-0.05, 0) is 24.6 Å². The van der Waals surface area contributed by atoms with Crippen molar-refractivity contribution in [1.29, 1.82) is 0 Å². The molecule has 0 saturated heterocycles. The monoisotopic (exact) mass is 379 g/mol. The number of hydrogen-bond acceptors (Lipinski definition) is 1. The SMILES string of the molecule is CCCCC(CF)C(=O)Nc1cc(Br)cc(Br)c1. The molecule has 1 rings (SSSR count). The highest BCUT2D eigenvalue weighted by Crippen LogP contribution is 2.24. The fraction of sp³-hybridized carbons (Fsp3) is 0.462. The largest absolute Gasteiger partial charge is 0.326 e. The van der Waals surface area contributed by atoms with Crippen molar-refractivity contribution in [3.8, 4) is 0 Å². The van der Waals surface area contributed by atoms with E-state index in [0.29, 0.717) is 12.1 Å². The van der Waals surface area contributed by atoms with Crippen LogP contribution < -0.4 is 5.32 Å². The van der Waals surface area contributed by atoms with Crippen molar-refractivity contribution in [2.45, 2.75) is 26.2 Å². The van der Waals surface area contributed by atoms with Crippen molar-refractivity contribution in [2.75, 3.05) is 12.0 Å². The van der Waals surface area contributed by atoms with Gasteiger partial charge in [-0.1, -0.05) is 51.6 Å². The van der Waals surface area contributed by atoms with Crippen LogP contribution in [-0.2, 0) is 4.79 Å². The third-order valence-corrected chi connectivity index (χ3v) is 3.51. The minimum absolute atomic E-state index is 0.254. The van der Waals surface area contributed by atoms with E-state index in [0.717, 1.165) is 21.8 Å². The van der Waals surface area contributed by atoms with Crippen molar-refractivity contribution in [2.24, 2.45) is 5.92 Å². The van der Waals surface area contributed by atoms with E-state index < -0.39 is 12.6 Å². The maximum absolute atomic E-state index is 12.8. The molecular weight excluding hydrogens is 365 g/mol. The lowest BCUT2D eigenvalue weighted by atomic mass is 10.0. The molecule has 0 fully saturated rings. The fourth-order valence-electron chi connectivity index (χ4n) is 1.60. The Bertz CT molecular complexity index is 392. The topological polar surface area (TPSA) is 29.1 Å². The van der Waals surface area contributed by atoms with Crippen LogP contribution in [-0.4, -0.2) is 12.6 Å². The first-order chi connectivity index (χ1) is 8.56. The van der Waals surface area contributed by atoms with E-state index in [1.165, 1.54) is 0 Å². The Hall–Kier alpha value is -0.420. The highest BCUT2D eigenvalue weighted by molar-refractivity contribution is 9.11. The molecule has 0 aliphatic carbocycles. The second-order valence-corrected chi connectivity index (χ2v) is 5.97. The zero-order valence-electron chi connectivity index (χ0n) is 10.2. The molecule has 2 nitrogen and oxygen atoms in total. The lowest BCUT2D eigenvalue weighted by molar-refractivity contribution is -0.120. The number of anilines is 1. The number of halogens is 3. The molecule has 0 saturated carbocycles. The summed E-state index contributed by atoms with van der Waals surface area (Å²) in [5, 5.41) is 2.74. The van der Waals surface area contributed by atoms with Gasteiger partial charge in [0.2, 0.25) is 5.91 Å². The molecule has 1 aromatic rings. The summed E-state index contributed by atoms with van der Waals surface area (Å²) >= 11 is 6.69. The fourth-order valence-corrected chi connectivity index (χ4v) is 2.89. The molecule has 1 aromatic carbocycles. The number of nitrogens with one attached hydrogen (secondary N) is 1. The zero-order chi connectivity index (χ0) is 13.5. The Morgan fingerprint density at radius 1 is 1.33 bits per heavy atom. The highest BCUT2D eigenvalue weighted by atomic mass is 79.9. The smallest absolute Gasteiger partial charge is 0.230 e. The minimum atomic E-state index is -0.610. The first kappa shape index (κ1) is 15.6. The quantitative estimate of drug-likeness (QED) is 0.745. The number of hydrogen-bond donors (Lipinski definition) is 1. The Morgan fingerprint density at radius 2 is 1.94 bits per heavy atom. The van der Waals surface area contributed by atoms with Gasteiger partial charge >= 0.3 is 0 Å². The van der Waals surface area contributed by atoms with Gasteiger partial charge in [0.25, 0.3) is 0 Å². The first-order valence-corrected chi connectivity index (χ1v) is 7.48. The van der Waals surface area contributed by atoms with Gasteiger partial charge in [0, 0.05) is 14.6 Å². The summed E-state index contributed by atoms with van der Waals surface area (Å²) in [6.45, 7) is 1.42. The summed E-state index contributed by atoms with van der Waals surface area (Å²) in [7, 11) is 0. The molecule has 0 spiro atoms. The van der Waals surface area contributed by atoms with E-state index in [-0.39, 0.29) is 5.91 Å². The zero-order valence-corrected chi connectivity index (χ0v) is 13.4. The van der Waals surface area contributed by atoms with Gasteiger partial charge < -0.3 is 5.32 Å². The predicted molar refractivity (Wildman–Crippen MR) is 79.5 cm³/mol. The average Bonchev–Trinajstić information content (AvgIpc) is 2.28. The maximum Gasteiger partial charge on any atom is 0.230 e. The van der Waals surface area contributed by atoms with Crippen LogP contribution in [0, 0.1) is 5.92 Å². The molecule has 0 bridgehead atoms. The Kier molecular flexibility index (Phi) is 6.86. The van der Waals surface area contributed by atoms with Crippen LogP contribution in [0.4, 0.5) is 10.1 Å². The summed E-state index contributed by atoms with van der Waals surface area (Å²) in [4.78, 5) is 11.9. The van der Waals surface area contributed by atoms with Crippen molar-refractivity contribution in [1.82, 2.24) is 0 Å². The van der Waals surface area contributed by atoms with Crippen molar-refractivity contribution >= 4 is 43.5 Å². The van der Waals surface area contributed by atoms with E-state index in [1.54, 1.807) is 12.1 Å². The second kappa shape index (κ2) is 7.89.